The monoisotopic (exact) mass is 463 g/mol. The van der Waals surface area contributed by atoms with Crippen molar-refractivity contribution in [2.24, 2.45) is 11.8 Å². The van der Waals surface area contributed by atoms with E-state index in [4.69, 9.17) is 0 Å². The number of sulfonamides is 1. The molecule has 0 saturated heterocycles. The predicted molar refractivity (Wildman–Crippen MR) is 126 cm³/mol. The lowest BCUT2D eigenvalue weighted by molar-refractivity contribution is -0.387. The van der Waals surface area contributed by atoms with Gasteiger partial charge in [0.25, 0.3) is 15.7 Å². The first-order valence-corrected chi connectivity index (χ1v) is 12.2. The summed E-state index contributed by atoms with van der Waals surface area (Å²) in [4.78, 5) is 12.5. The van der Waals surface area contributed by atoms with Crippen molar-refractivity contribution in [1.29, 1.82) is 0 Å². The van der Waals surface area contributed by atoms with Crippen molar-refractivity contribution in [2.45, 2.75) is 38.7 Å². The Balaban J connectivity index is 2.39. The van der Waals surface area contributed by atoms with Crippen LogP contribution in [-0.2, 0) is 10.0 Å². The predicted octanol–water partition coefficient (Wildman–Crippen LogP) is 3.77. The smallest absolute Gasteiger partial charge is 0.289 e. The second-order valence-electron chi connectivity index (χ2n) is 8.76. The zero-order valence-corrected chi connectivity index (χ0v) is 19.9. The van der Waals surface area contributed by atoms with Crippen molar-refractivity contribution >= 4 is 21.4 Å². The molecule has 0 heterocycles. The molecule has 0 unspecified atom stereocenters. The van der Waals surface area contributed by atoms with Crippen LogP contribution in [0, 0.1) is 22.0 Å². The van der Waals surface area contributed by atoms with Crippen molar-refractivity contribution in [3.63, 3.8) is 0 Å². The van der Waals surface area contributed by atoms with Crippen molar-refractivity contribution in [3.05, 3.63) is 64.7 Å². The fourth-order valence-electron chi connectivity index (χ4n) is 3.69. The molecule has 0 amide bonds. The number of aliphatic hydroxyl groups is 1. The van der Waals surface area contributed by atoms with Crippen LogP contribution < -0.4 is 4.31 Å². The fraction of sp³-hybridized carbons (Fsp3) is 0.478. The molecule has 9 heteroatoms. The second kappa shape index (κ2) is 11.4. The zero-order chi connectivity index (χ0) is 23.9. The van der Waals surface area contributed by atoms with Crippen molar-refractivity contribution in [2.75, 3.05) is 30.5 Å². The Bertz CT molecular complexity index is 970. The van der Waals surface area contributed by atoms with Crippen LogP contribution in [0.5, 0.6) is 0 Å². The maximum atomic E-state index is 13.5. The largest absolute Gasteiger partial charge is 0.390 e. The van der Waals surface area contributed by atoms with Crippen LogP contribution in [-0.4, -0.2) is 55.6 Å². The maximum Gasteiger partial charge on any atom is 0.289 e. The van der Waals surface area contributed by atoms with Crippen molar-refractivity contribution < 1.29 is 18.4 Å². The molecule has 0 aliphatic rings. The van der Waals surface area contributed by atoms with Gasteiger partial charge < -0.3 is 10.0 Å². The van der Waals surface area contributed by atoms with E-state index in [0.29, 0.717) is 24.1 Å². The average Bonchev–Trinajstić information content (AvgIpc) is 2.71. The van der Waals surface area contributed by atoms with Crippen molar-refractivity contribution in [3.8, 4) is 0 Å². The van der Waals surface area contributed by atoms with E-state index in [9.17, 15) is 23.6 Å². The summed E-state index contributed by atoms with van der Waals surface area (Å²) in [5, 5.41) is 22.4. The molecule has 0 aromatic heterocycles. The van der Waals surface area contributed by atoms with Crippen LogP contribution in [0.3, 0.4) is 0 Å². The van der Waals surface area contributed by atoms with Gasteiger partial charge in [0, 0.05) is 25.7 Å². The van der Waals surface area contributed by atoms with E-state index in [1.54, 1.807) is 30.3 Å². The highest BCUT2D eigenvalue weighted by Crippen LogP contribution is 2.30. The highest BCUT2D eigenvalue weighted by atomic mass is 32.2. The Morgan fingerprint density at radius 2 is 1.41 bits per heavy atom. The first-order valence-electron chi connectivity index (χ1n) is 10.7. The number of hydrogen-bond acceptors (Lipinski definition) is 6. The van der Waals surface area contributed by atoms with Gasteiger partial charge in [-0.2, -0.15) is 0 Å². The highest BCUT2D eigenvalue weighted by molar-refractivity contribution is 7.93. The normalized spacial score (nSPS) is 13.0. The Morgan fingerprint density at radius 1 is 0.875 bits per heavy atom. The van der Waals surface area contributed by atoms with E-state index >= 15 is 0 Å². The summed E-state index contributed by atoms with van der Waals surface area (Å²) < 4.78 is 28.1. The number of nitro benzene ring substituents is 1. The first kappa shape index (κ1) is 25.8. The minimum absolute atomic E-state index is 0.217. The van der Waals surface area contributed by atoms with Crippen LogP contribution in [0.25, 0.3) is 0 Å². The molecule has 0 fully saturated rings. The molecule has 2 aromatic carbocycles. The third-order valence-electron chi connectivity index (χ3n) is 4.77. The molecule has 32 heavy (non-hydrogen) atoms. The molecule has 2 rings (SSSR count). The fourth-order valence-corrected chi connectivity index (χ4v) is 5.35. The van der Waals surface area contributed by atoms with Gasteiger partial charge in [0.05, 0.1) is 23.3 Å². The molecule has 1 N–H and O–H groups in total. The Labute approximate surface area is 190 Å². The molecule has 0 saturated carbocycles. The molecule has 1 atom stereocenters. The van der Waals surface area contributed by atoms with Crippen LogP contribution in [0.15, 0.2) is 59.5 Å². The van der Waals surface area contributed by atoms with Gasteiger partial charge in [-0.1, -0.05) is 58.0 Å². The Hall–Kier alpha value is -2.49. The summed E-state index contributed by atoms with van der Waals surface area (Å²) >= 11 is 0. The van der Waals surface area contributed by atoms with Gasteiger partial charge in [-0.25, -0.2) is 8.42 Å². The van der Waals surface area contributed by atoms with Gasteiger partial charge >= 0.3 is 0 Å². The van der Waals surface area contributed by atoms with Crippen LogP contribution in [0.1, 0.15) is 27.7 Å². The summed E-state index contributed by atoms with van der Waals surface area (Å²) in [5.41, 5.74) is -0.159. The number of anilines is 1. The summed E-state index contributed by atoms with van der Waals surface area (Å²) in [6, 6.07) is 13.6. The van der Waals surface area contributed by atoms with Gasteiger partial charge in [-0.05, 0) is 30.0 Å². The van der Waals surface area contributed by atoms with E-state index in [1.165, 1.54) is 24.3 Å². The third kappa shape index (κ3) is 7.01. The molecule has 0 aliphatic carbocycles. The van der Waals surface area contributed by atoms with E-state index in [2.05, 4.69) is 32.6 Å². The molecule has 0 aliphatic heterocycles. The second-order valence-corrected chi connectivity index (χ2v) is 10.6. The van der Waals surface area contributed by atoms with E-state index in [0.717, 1.165) is 17.4 Å². The highest BCUT2D eigenvalue weighted by Gasteiger charge is 2.33. The maximum absolute atomic E-state index is 13.5. The quantitative estimate of drug-likeness (QED) is 0.380. The molecular weight excluding hydrogens is 430 g/mol. The molecule has 2 aromatic rings. The van der Waals surface area contributed by atoms with Crippen LogP contribution in [0.2, 0.25) is 0 Å². The van der Waals surface area contributed by atoms with Gasteiger partial charge in [-0.3, -0.25) is 14.4 Å². The minimum atomic E-state index is -4.29. The van der Waals surface area contributed by atoms with Crippen LogP contribution in [0.4, 0.5) is 11.4 Å². The Morgan fingerprint density at radius 3 is 1.94 bits per heavy atom. The van der Waals surface area contributed by atoms with Crippen LogP contribution >= 0.6 is 0 Å². The van der Waals surface area contributed by atoms with E-state index < -0.39 is 31.6 Å². The van der Waals surface area contributed by atoms with Gasteiger partial charge in [-0.15, -0.1) is 0 Å². The summed E-state index contributed by atoms with van der Waals surface area (Å²) in [5.74, 6) is 0.781. The molecule has 0 spiro atoms. The summed E-state index contributed by atoms with van der Waals surface area (Å²) in [7, 11) is -4.29. The van der Waals surface area contributed by atoms with Crippen molar-refractivity contribution in [1.82, 2.24) is 4.90 Å². The standard InChI is InChI=1S/C23H33N3O5S/c1-18(2)14-24(15-19(3)4)16-21(27)17-25(20-10-6-5-7-11-20)32(30,31)23-13-9-8-12-22(23)26(28)29/h5-13,18-19,21,27H,14-17H2,1-4H3/t21-/m1/s1. The number of aliphatic hydroxyl groups excluding tert-OH is 1. The molecule has 0 radical (unpaired) electrons. The van der Waals surface area contributed by atoms with Gasteiger partial charge in [0.2, 0.25) is 0 Å². The number of nitro groups is 1. The molecular formula is C23H33N3O5S. The van der Waals surface area contributed by atoms with E-state index in [1.807, 2.05) is 0 Å². The lowest BCUT2D eigenvalue weighted by Crippen LogP contribution is -2.44. The average molecular weight is 464 g/mol. The number of hydrogen-bond donors (Lipinski definition) is 1. The minimum Gasteiger partial charge on any atom is -0.390 e. The number of benzene rings is 2. The lowest BCUT2D eigenvalue weighted by atomic mass is 10.1. The SMILES string of the molecule is CC(C)CN(CC(C)C)C[C@@H](O)CN(c1ccccc1)S(=O)(=O)c1ccccc1[N+](=O)[O-]. The zero-order valence-electron chi connectivity index (χ0n) is 19.1. The number of nitrogens with zero attached hydrogens (tertiary/aromatic N) is 3. The Kier molecular flexibility index (Phi) is 9.18. The summed E-state index contributed by atoms with van der Waals surface area (Å²) in [6.07, 6.45) is -0.981. The molecule has 176 valence electrons. The lowest BCUT2D eigenvalue weighted by Gasteiger charge is -2.31. The van der Waals surface area contributed by atoms with Gasteiger partial charge in [0.15, 0.2) is 4.90 Å². The number of para-hydroxylation sites is 2. The van der Waals surface area contributed by atoms with E-state index in [-0.39, 0.29) is 6.54 Å². The molecule has 8 nitrogen and oxygen atoms in total. The first-order chi connectivity index (χ1) is 15.0. The topological polar surface area (TPSA) is 104 Å². The number of rotatable bonds is 12. The third-order valence-corrected chi connectivity index (χ3v) is 6.61. The summed E-state index contributed by atoms with van der Waals surface area (Å²) in [6.45, 7) is 10.0. The van der Waals surface area contributed by atoms with Gasteiger partial charge in [0.1, 0.15) is 0 Å². The molecule has 0 bridgehead atoms.